The molecule has 0 unspecified atom stereocenters. The molecule has 0 spiro atoms. The lowest BCUT2D eigenvalue weighted by Gasteiger charge is -2.00. The van der Waals surface area contributed by atoms with Crippen molar-refractivity contribution in [2.45, 2.75) is 13.5 Å². The summed E-state index contributed by atoms with van der Waals surface area (Å²) in [6, 6.07) is 3.49. The van der Waals surface area contributed by atoms with Gasteiger partial charge in [-0.3, -0.25) is 19.6 Å². The summed E-state index contributed by atoms with van der Waals surface area (Å²) in [5.74, 6) is 0.648. The minimum atomic E-state index is -0.642. The van der Waals surface area contributed by atoms with Gasteiger partial charge in [0.05, 0.1) is 12.8 Å². The van der Waals surface area contributed by atoms with Crippen LogP contribution in [0.5, 0.6) is 5.06 Å². The van der Waals surface area contributed by atoms with E-state index in [1.165, 1.54) is 6.26 Å². The van der Waals surface area contributed by atoms with Crippen LogP contribution in [-0.4, -0.2) is 15.8 Å². The molecule has 0 atom stereocenters. The van der Waals surface area contributed by atoms with E-state index in [9.17, 15) is 14.7 Å². The summed E-state index contributed by atoms with van der Waals surface area (Å²) < 4.78 is 5.10. The minimum absolute atomic E-state index is 0.0196. The predicted molar refractivity (Wildman–Crippen MR) is 67.5 cm³/mol. The summed E-state index contributed by atoms with van der Waals surface area (Å²) in [6.45, 7) is 1.85. The molecule has 18 heavy (non-hydrogen) atoms. The third-order valence-electron chi connectivity index (χ3n) is 2.26. The largest absolute Gasteiger partial charge is 0.499 e. The van der Waals surface area contributed by atoms with E-state index < -0.39 is 10.4 Å². The van der Waals surface area contributed by atoms with Gasteiger partial charge in [0.25, 0.3) is 5.56 Å². The summed E-state index contributed by atoms with van der Waals surface area (Å²) in [6.07, 6.45) is 1.53. The molecule has 94 valence electrons. The average molecular weight is 266 g/mol. The summed E-state index contributed by atoms with van der Waals surface area (Å²) >= 11 is 0.565. The number of aliphatic imine (C=N–C) groups is 1. The Labute approximate surface area is 105 Å². The Balaban J connectivity index is 2.34. The molecule has 0 aliphatic heterocycles. The fraction of sp³-hybridized carbons (Fsp3) is 0.182. The molecule has 7 heteroatoms. The second-order valence-electron chi connectivity index (χ2n) is 3.50. The molecule has 6 nitrogen and oxygen atoms in total. The summed E-state index contributed by atoms with van der Waals surface area (Å²) in [5.41, 5.74) is -0.274. The van der Waals surface area contributed by atoms with Crippen LogP contribution >= 0.6 is 11.3 Å². The van der Waals surface area contributed by atoms with E-state index in [-0.39, 0.29) is 17.2 Å². The first-order valence-electron chi connectivity index (χ1n) is 5.08. The normalized spacial score (nSPS) is 11.7. The zero-order valence-electron chi connectivity index (χ0n) is 9.47. The highest BCUT2D eigenvalue weighted by molar-refractivity contribution is 7.11. The lowest BCUT2D eigenvalue weighted by molar-refractivity contribution is 0.487. The molecule has 0 amide bonds. The third kappa shape index (κ3) is 2.57. The number of hydrogen-bond donors (Lipinski definition) is 2. The van der Waals surface area contributed by atoms with E-state index in [2.05, 4.69) is 9.98 Å². The molecule has 0 aliphatic carbocycles. The van der Waals surface area contributed by atoms with Gasteiger partial charge in [-0.05, 0) is 30.4 Å². The quantitative estimate of drug-likeness (QED) is 0.813. The lowest BCUT2D eigenvalue weighted by Crippen LogP contribution is -2.22. The minimum Gasteiger partial charge on any atom is -0.499 e. The summed E-state index contributed by atoms with van der Waals surface area (Å²) in [5, 5.41) is 9.26. The van der Waals surface area contributed by atoms with Gasteiger partial charge in [0.2, 0.25) is 0 Å². The molecule has 0 saturated carbocycles. The van der Waals surface area contributed by atoms with Gasteiger partial charge in [-0.1, -0.05) is 0 Å². The fourth-order valence-corrected chi connectivity index (χ4v) is 2.08. The van der Waals surface area contributed by atoms with E-state index in [4.69, 9.17) is 4.42 Å². The summed E-state index contributed by atoms with van der Waals surface area (Å²) in [4.78, 5) is 28.2. The van der Waals surface area contributed by atoms with Crippen molar-refractivity contribution < 1.29 is 9.52 Å². The van der Waals surface area contributed by atoms with Crippen molar-refractivity contribution in [3.05, 3.63) is 49.7 Å². The molecule has 0 aromatic carbocycles. The van der Waals surface area contributed by atoms with Crippen LogP contribution in [0.4, 0.5) is 0 Å². The molecule has 0 fully saturated rings. The zero-order chi connectivity index (χ0) is 13.1. The molecule has 2 rings (SSSR count). The van der Waals surface area contributed by atoms with Gasteiger partial charge in [0.15, 0.2) is 5.06 Å². The third-order valence-corrected chi connectivity index (χ3v) is 2.94. The van der Waals surface area contributed by atoms with E-state index in [1.54, 1.807) is 19.1 Å². The maximum Gasteiger partial charge on any atom is 0.310 e. The lowest BCUT2D eigenvalue weighted by atomic mass is 10.2. The highest BCUT2D eigenvalue weighted by atomic mass is 32.1. The molecular weight excluding hydrogens is 256 g/mol. The molecular formula is C11H10N2O4S. The van der Waals surface area contributed by atoms with Crippen LogP contribution in [0.1, 0.15) is 18.2 Å². The van der Waals surface area contributed by atoms with Gasteiger partial charge < -0.3 is 9.52 Å². The molecule has 2 heterocycles. The fourth-order valence-electron chi connectivity index (χ4n) is 1.41. The van der Waals surface area contributed by atoms with Crippen molar-refractivity contribution >= 4 is 17.0 Å². The van der Waals surface area contributed by atoms with Crippen LogP contribution in [0.25, 0.3) is 0 Å². The van der Waals surface area contributed by atoms with Crippen LogP contribution in [0.3, 0.4) is 0 Å². The van der Waals surface area contributed by atoms with Crippen molar-refractivity contribution in [1.82, 2.24) is 4.98 Å². The Kier molecular flexibility index (Phi) is 3.42. The first-order valence-corrected chi connectivity index (χ1v) is 5.90. The molecule has 0 radical (unpaired) electrons. The number of nitrogens with zero attached hydrogens (tertiary/aromatic N) is 1. The maximum atomic E-state index is 11.6. The number of furan rings is 1. The van der Waals surface area contributed by atoms with E-state index in [0.29, 0.717) is 22.8 Å². The van der Waals surface area contributed by atoms with Crippen LogP contribution < -0.4 is 10.4 Å². The smallest absolute Gasteiger partial charge is 0.310 e. The first-order chi connectivity index (χ1) is 8.58. The highest BCUT2D eigenvalue weighted by Crippen LogP contribution is 2.15. The monoisotopic (exact) mass is 266 g/mol. The topological polar surface area (TPSA) is 95.7 Å². The van der Waals surface area contributed by atoms with Crippen molar-refractivity contribution in [3.63, 3.8) is 0 Å². The number of aromatic amines is 1. The van der Waals surface area contributed by atoms with Crippen molar-refractivity contribution in [2.75, 3.05) is 0 Å². The number of hydrogen-bond acceptors (Lipinski definition) is 6. The van der Waals surface area contributed by atoms with Crippen LogP contribution in [0, 0.1) is 0 Å². The number of aromatic hydroxyl groups is 1. The maximum absolute atomic E-state index is 11.6. The standard InChI is InChI=1S/C11H10N2O4S/c1-6(12-5-7-3-2-4-17-7)8-9(14)13-11(16)18-10(8)15/h2-4,15H,5H2,1H3,(H,13,14,16). The Hall–Kier alpha value is -2.15. The van der Waals surface area contributed by atoms with Crippen LogP contribution in [0.15, 0.2) is 37.4 Å². The second-order valence-corrected chi connectivity index (χ2v) is 4.47. The van der Waals surface area contributed by atoms with Crippen LogP contribution in [-0.2, 0) is 6.54 Å². The number of H-pyrrole nitrogens is 1. The van der Waals surface area contributed by atoms with Gasteiger partial charge in [0.1, 0.15) is 11.3 Å². The summed E-state index contributed by atoms with van der Waals surface area (Å²) in [7, 11) is 0. The zero-order valence-corrected chi connectivity index (χ0v) is 10.3. The van der Waals surface area contributed by atoms with Crippen LogP contribution in [0.2, 0.25) is 0 Å². The predicted octanol–water partition coefficient (Wildman–Crippen LogP) is 1.10. The molecule has 2 aromatic heterocycles. The van der Waals surface area contributed by atoms with Gasteiger partial charge in [0, 0.05) is 5.71 Å². The number of aromatic nitrogens is 1. The van der Waals surface area contributed by atoms with E-state index >= 15 is 0 Å². The van der Waals surface area contributed by atoms with Gasteiger partial charge >= 0.3 is 4.87 Å². The van der Waals surface area contributed by atoms with E-state index in [1.807, 2.05) is 0 Å². The Morgan fingerprint density at radius 2 is 2.33 bits per heavy atom. The second kappa shape index (κ2) is 5.01. The Morgan fingerprint density at radius 3 is 2.94 bits per heavy atom. The number of nitrogens with one attached hydrogen (secondary N) is 1. The molecule has 0 bridgehead atoms. The first kappa shape index (κ1) is 12.3. The highest BCUT2D eigenvalue weighted by Gasteiger charge is 2.12. The van der Waals surface area contributed by atoms with Crippen molar-refractivity contribution in [1.29, 1.82) is 0 Å². The molecule has 2 aromatic rings. The Morgan fingerprint density at radius 1 is 1.56 bits per heavy atom. The van der Waals surface area contributed by atoms with Gasteiger partial charge in [-0.2, -0.15) is 0 Å². The number of rotatable bonds is 3. The SMILES string of the molecule is CC(=NCc1ccco1)c1c(O)sc(=O)[nH]c1=O. The van der Waals surface area contributed by atoms with Crippen molar-refractivity contribution in [2.24, 2.45) is 4.99 Å². The van der Waals surface area contributed by atoms with E-state index in [0.717, 1.165) is 0 Å². The van der Waals surface area contributed by atoms with Gasteiger partial charge in [-0.15, -0.1) is 0 Å². The molecule has 0 aliphatic rings. The van der Waals surface area contributed by atoms with Crippen molar-refractivity contribution in [3.8, 4) is 5.06 Å². The average Bonchev–Trinajstić information content (AvgIpc) is 2.77. The molecule has 2 N–H and O–H groups in total. The molecule has 0 saturated heterocycles. The Bertz CT molecular complexity index is 682. The van der Waals surface area contributed by atoms with Gasteiger partial charge in [-0.25, -0.2) is 0 Å².